The molecule has 1 heterocycles. The van der Waals surface area contributed by atoms with Crippen molar-refractivity contribution in [3.63, 3.8) is 0 Å². The third-order valence-corrected chi connectivity index (χ3v) is 3.31. The summed E-state index contributed by atoms with van der Waals surface area (Å²) in [5.41, 5.74) is 1.06. The molecule has 0 unspecified atom stereocenters. The first-order valence-electron chi connectivity index (χ1n) is 6.85. The van der Waals surface area contributed by atoms with Gasteiger partial charge in [0, 0.05) is 24.7 Å². The normalized spacial score (nSPS) is 11.7. The summed E-state index contributed by atoms with van der Waals surface area (Å²) < 4.78 is 7.69. The monoisotopic (exact) mass is 308 g/mol. The number of nitrogens with zero attached hydrogens (tertiary/aromatic N) is 3. The van der Waals surface area contributed by atoms with Crippen molar-refractivity contribution in [3.8, 4) is 5.75 Å². The molecule has 0 saturated carbocycles. The minimum Gasteiger partial charge on any atom is -0.484 e. The van der Waals surface area contributed by atoms with E-state index in [2.05, 4.69) is 36.3 Å². The van der Waals surface area contributed by atoms with Gasteiger partial charge in [0.2, 0.25) is 0 Å². The molecule has 5 nitrogen and oxygen atoms in total. The number of rotatable bonds is 5. The number of hydrogen-bond acceptors (Lipinski definition) is 4. The van der Waals surface area contributed by atoms with Crippen molar-refractivity contribution in [1.29, 1.82) is 0 Å². The summed E-state index contributed by atoms with van der Waals surface area (Å²) in [5.74, 6) is 1.45. The highest BCUT2D eigenvalue weighted by atomic mass is 35.5. The standard InChI is InChI=1S/C15H21ClN4O/c1-15(2,3)17-8-11-6-5-7-12(16)14(11)21-9-13-19-18-10-20(13)4/h5-7,10,17H,8-9H2,1-4H3. The number of nitrogens with one attached hydrogen (secondary N) is 1. The minimum atomic E-state index is 0.0309. The first-order chi connectivity index (χ1) is 9.87. The summed E-state index contributed by atoms with van der Waals surface area (Å²) in [7, 11) is 1.88. The van der Waals surface area contributed by atoms with Crippen LogP contribution in [0.2, 0.25) is 5.02 Å². The average molecular weight is 309 g/mol. The lowest BCUT2D eigenvalue weighted by molar-refractivity contribution is 0.286. The maximum atomic E-state index is 6.26. The molecule has 0 amide bonds. The summed E-state index contributed by atoms with van der Waals surface area (Å²) in [6.45, 7) is 7.40. The first kappa shape index (κ1) is 15.8. The van der Waals surface area contributed by atoms with Gasteiger partial charge >= 0.3 is 0 Å². The van der Waals surface area contributed by atoms with Crippen LogP contribution in [0.4, 0.5) is 0 Å². The Kier molecular flexibility index (Phi) is 4.85. The number of ether oxygens (including phenoxy) is 1. The van der Waals surface area contributed by atoms with Crippen LogP contribution in [-0.2, 0) is 20.2 Å². The molecule has 0 radical (unpaired) electrons. The third kappa shape index (κ3) is 4.44. The predicted molar refractivity (Wildman–Crippen MR) is 83.4 cm³/mol. The summed E-state index contributed by atoms with van der Waals surface area (Å²) in [5, 5.41) is 11.9. The van der Waals surface area contributed by atoms with Crippen LogP contribution in [0.1, 0.15) is 32.2 Å². The van der Waals surface area contributed by atoms with E-state index in [9.17, 15) is 0 Å². The molecule has 1 N–H and O–H groups in total. The number of halogens is 1. The molecule has 0 bridgehead atoms. The molecular weight excluding hydrogens is 288 g/mol. The Morgan fingerprint density at radius 2 is 2.10 bits per heavy atom. The van der Waals surface area contributed by atoms with Gasteiger partial charge in [-0.05, 0) is 26.8 Å². The van der Waals surface area contributed by atoms with Crippen molar-refractivity contribution >= 4 is 11.6 Å². The highest BCUT2D eigenvalue weighted by molar-refractivity contribution is 6.32. The van der Waals surface area contributed by atoms with E-state index in [0.717, 1.165) is 11.4 Å². The van der Waals surface area contributed by atoms with Gasteiger partial charge in [0.15, 0.2) is 5.82 Å². The quantitative estimate of drug-likeness (QED) is 0.922. The van der Waals surface area contributed by atoms with Crippen LogP contribution in [0.5, 0.6) is 5.75 Å². The minimum absolute atomic E-state index is 0.0309. The third-order valence-electron chi connectivity index (χ3n) is 3.01. The van der Waals surface area contributed by atoms with Gasteiger partial charge in [-0.25, -0.2) is 0 Å². The lowest BCUT2D eigenvalue weighted by Crippen LogP contribution is -2.35. The first-order valence-corrected chi connectivity index (χ1v) is 7.23. The van der Waals surface area contributed by atoms with Gasteiger partial charge in [-0.1, -0.05) is 23.7 Å². The maximum absolute atomic E-state index is 6.26. The van der Waals surface area contributed by atoms with Gasteiger partial charge in [-0.2, -0.15) is 0 Å². The second-order valence-electron chi connectivity index (χ2n) is 5.98. The number of hydrogen-bond donors (Lipinski definition) is 1. The fourth-order valence-electron chi connectivity index (χ4n) is 1.79. The van der Waals surface area contributed by atoms with Crippen molar-refractivity contribution in [3.05, 3.63) is 40.9 Å². The van der Waals surface area contributed by atoms with Crippen LogP contribution < -0.4 is 10.1 Å². The molecule has 2 aromatic rings. The highest BCUT2D eigenvalue weighted by Crippen LogP contribution is 2.29. The zero-order chi connectivity index (χ0) is 15.5. The molecule has 0 aliphatic rings. The van der Waals surface area contributed by atoms with Crippen molar-refractivity contribution in [1.82, 2.24) is 20.1 Å². The zero-order valence-electron chi connectivity index (χ0n) is 12.9. The second-order valence-corrected chi connectivity index (χ2v) is 6.39. The SMILES string of the molecule is Cn1cnnc1COc1c(Cl)cccc1CNC(C)(C)C. The Bertz CT molecular complexity index is 604. The Morgan fingerprint density at radius 3 is 2.71 bits per heavy atom. The maximum Gasteiger partial charge on any atom is 0.170 e. The molecule has 21 heavy (non-hydrogen) atoms. The number of benzene rings is 1. The molecule has 0 fully saturated rings. The van der Waals surface area contributed by atoms with E-state index in [1.165, 1.54) is 0 Å². The molecule has 0 aliphatic carbocycles. The number of aromatic nitrogens is 3. The largest absolute Gasteiger partial charge is 0.484 e. The van der Waals surface area contributed by atoms with Crippen LogP contribution >= 0.6 is 11.6 Å². The molecule has 2 rings (SSSR count). The smallest absolute Gasteiger partial charge is 0.170 e. The molecule has 0 aliphatic heterocycles. The van der Waals surface area contributed by atoms with E-state index in [-0.39, 0.29) is 5.54 Å². The summed E-state index contributed by atoms with van der Waals surface area (Å²) in [6.07, 6.45) is 1.65. The Balaban J connectivity index is 2.12. The van der Waals surface area contributed by atoms with E-state index in [4.69, 9.17) is 16.3 Å². The summed E-state index contributed by atoms with van der Waals surface area (Å²) in [4.78, 5) is 0. The predicted octanol–water partition coefficient (Wildman–Crippen LogP) is 2.94. The van der Waals surface area contributed by atoms with Gasteiger partial charge < -0.3 is 14.6 Å². The van der Waals surface area contributed by atoms with Gasteiger partial charge in [0.25, 0.3) is 0 Å². The highest BCUT2D eigenvalue weighted by Gasteiger charge is 2.14. The van der Waals surface area contributed by atoms with Crippen LogP contribution in [-0.4, -0.2) is 20.3 Å². The molecule has 0 spiro atoms. The summed E-state index contributed by atoms with van der Waals surface area (Å²) in [6, 6.07) is 5.77. The number of para-hydroxylation sites is 1. The lowest BCUT2D eigenvalue weighted by atomic mass is 10.1. The fourth-order valence-corrected chi connectivity index (χ4v) is 2.04. The molecule has 0 saturated heterocycles. The Morgan fingerprint density at radius 1 is 1.33 bits per heavy atom. The summed E-state index contributed by atoms with van der Waals surface area (Å²) >= 11 is 6.26. The average Bonchev–Trinajstić information content (AvgIpc) is 2.80. The molecule has 1 aromatic carbocycles. The van der Waals surface area contributed by atoms with E-state index in [0.29, 0.717) is 23.9 Å². The van der Waals surface area contributed by atoms with Crippen molar-refractivity contribution in [2.75, 3.05) is 0 Å². The molecule has 0 atom stereocenters. The van der Waals surface area contributed by atoms with E-state index in [1.807, 2.05) is 29.8 Å². The Labute approximate surface area is 130 Å². The van der Waals surface area contributed by atoms with Gasteiger partial charge in [0.1, 0.15) is 18.7 Å². The van der Waals surface area contributed by atoms with E-state index in [1.54, 1.807) is 6.33 Å². The van der Waals surface area contributed by atoms with Crippen LogP contribution in [0.25, 0.3) is 0 Å². The molecule has 6 heteroatoms. The van der Waals surface area contributed by atoms with E-state index >= 15 is 0 Å². The topological polar surface area (TPSA) is 52.0 Å². The van der Waals surface area contributed by atoms with Gasteiger partial charge in [-0.3, -0.25) is 0 Å². The molecule has 1 aromatic heterocycles. The second kappa shape index (κ2) is 6.45. The van der Waals surface area contributed by atoms with Gasteiger partial charge in [0.05, 0.1) is 5.02 Å². The lowest BCUT2D eigenvalue weighted by Gasteiger charge is -2.22. The molecular formula is C15H21ClN4O. The van der Waals surface area contributed by atoms with Crippen LogP contribution in [0.15, 0.2) is 24.5 Å². The van der Waals surface area contributed by atoms with Crippen LogP contribution in [0, 0.1) is 0 Å². The zero-order valence-corrected chi connectivity index (χ0v) is 13.6. The number of aryl methyl sites for hydroxylation is 1. The van der Waals surface area contributed by atoms with Crippen molar-refractivity contribution in [2.45, 2.75) is 39.5 Å². The van der Waals surface area contributed by atoms with Crippen molar-refractivity contribution in [2.24, 2.45) is 7.05 Å². The fraction of sp³-hybridized carbons (Fsp3) is 0.467. The van der Waals surface area contributed by atoms with Crippen molar-refractivity contribution < 1.29 is 4.74 Å². The molecule has 114 valence electrons. The Hall–Kier alpha value is -1.59. The van der Waals surface area contributed by atoms with Gasteiger partial charge in [-0.15, -0.1) is 10.2 Å². The van der Waals surface area contributed by atoms with Crippen LogP contribution in [0.3, 0.4) is 0 Å². The van der Waals surface area contributed by atoms with E-state index < -0.39 is 0 Å².